The van der Waals surface area contributed by atoms with Gasteiger partial charge in [0.05, 0.1) is 11.5 Å². The topological polar surface area (TPSA) is 72.3 Å². The largest absolute Gasteiger partial charge is 0.392 e. The molecule has 4 N–H and O–H groups in total. The van der Waals surface area contributed by atoms with Gasteiger partial charge in [0.25, 0.3) is 0 Å². The van der Waals surface area contributed by atoms with Gasteiger partial charge in [-0.2, -0.15) is 0 Å². The molecule has 4 nitrogen and oxygen atoms in total. The van der Waals surface area contributed by atoms with Crippen molar-refractivity contribution >= 4 is 23.2 Å². The van der Waals surface area contributed by atoms with E-state index in [0.29, 0.717) is 0 Å². The van der Waals surface area contributed by atoms with E-state index in [1.54, 1.807) is 0 Å². The highest BCUT2D eigenvalue weighted by atomic mass is 32.1. The summed E-state index contributed by atoms with van der Waals surface area (Å²) in [6.45, 7) is 3.95. The van der Waals surface area contributed by atoms with Gasteiger partial charge in [-0.1, -0.05) is 12.2 Å². The Labute approximate surface area is 71.5 Å². The van der Waals surface area contributed by atoms with E-state index >= 15 is 0 Å². The second kappa shape index (κ2) is 4.12. The number of carbonyl (C=O) groups is 1. The Balaban J connectivity index is 4.12. The third kappa shape index (κ3) is 3.77. The van der Waals surface area contributed by atoms with Crippen molar-refractivity contribution in [2.45, 2.75) is 19.9 Å². The molecular weight excluding hydrogens is 162 g/mol. The fourth-order valence-corrected chi connectivity index (χ4v) is 0.822. The third-order valence-corrected chi connectivity index (χ3v) is 1.36. The van der Waals surface area contributed by atoms with E-state index in [2.05, 4.69) is 12.2 Å². The minimum atomic E-state index is -0.493. The van der Waals surface area contributed by atoms with Crippen molar-refractivity contribution in [3.8, 4) is 0 Å². The predicted molar refractivity (Wildman–Crippen MR) is 48.2 cm³/mol. The van der Waals surface area contributed by atoms with Crippen molar-refractivity contribution in [1.82, 2.24) is 4.90 Å². The molecule has 0 aromatic carbocycles. The van der Waals surface area contributed by atoms with Crippen molar-refractivity contribution in [2.24, 2.45) is 11.5 Å². The molecule has 0 heterocycles. The molecule has 0 aliphatic carbocycles. The maximum absolute atomic E-state index is 10.7. The Morgan fingerprint density at radius 1 is 1.55 bits per heavy atom. The van der Waals surface area contributed by atoms with E-state index in [4.69, 9.17) is 11.5 Å². The minimum Gasteiger partial charge on any atom is -0.392 e. The molecule has 0 saturated carbocycles. The van der Waals surface area contributed by atoms with Gasteiger partial charge in [0.15, 0.2) is 0 Å². The van der Waals surface area contributed by atoms with Gasteiger partial charge in [-0.05, 0) is 13.8 Å². The van der Waals surface area contributed by atoms with E-state index in [-0.39, 0.29) is 17.6 Å². The minimum absolute atomic E-state index is 0.0361. The van der Waals surface area contributed by atoms with Crippen molar-refractivity contribution in [3.05, 3.63) is 0 Å². The van der Waals surface area contributed by atoms with Crippen LogP contribution in [-0.4, -0.2) is 28.5 Å². The van der Waals surface area contributed by atoms with Gasteiger partial charge in [-0.3, -0.25) is 0 Å². The van der Waals surface area contributed by atoms with E-state index in [9.17, 15) is 4.79 Å². The molecule has 0 saturated heterocycles. The average molecular weight is 175 g/mol. The van der Waals surface area contributed by atoms with Gasteiger partial charge in [0.1, 0.15) is 0 Å². The molecule has 11 heavy (non-hydrogen) atoms. The highest BCUT2D eigenvalue weighted by Crippen LogP contribution is 1.96. The van der Waals surface area contributed by atoms with Crippen LogP contribution in [0.1, 0.15) is 13.8 Å². The maximum atomic E-state index is 10.7. The monoisotopic (exact) mass is 175 g/mol. The number of rotatable bonds is 3. The van der Waals surface area contributed by atoms with Crippen LogP contribution in [0, 0.1) is 0 Å². The average Bonchev–Trinajstić information content (AvgIpc) is 1.81. The van der Waals surface area contributed by atoms with E-state index in [1.165, 1.54) is 4.90 Å². The summed E-state index contributed by atoms with van der Waals surface area (Å²) < 4.78 is 0. The Morgan fingerprint density at radius 3 is 2.09 bits per heavy atom. The Kier molecular flexibility index (Phi) is 3.81. The molecule has 0 aliphatic rings. The lowest BCUT2D eigenvalue weighted by Gasteiger charge is -2.23. The smallest absolute Gasteiger partial charge is 0.315 e. The molecule has 0 bridgehead atoms. The summed E-state index contributed by atoms with van der Waals surface area (Å²) >= 11 is 4.64. The van der Waals surface area contributed by atoms with Crippen LogP contribution in [0.15, 0.2) is 0 Å². The second-order valence-corrected chi connectivity index (χ2v) is 3.05. The summed E-state index contributed by atoms with van der Waals surface area (Å²) in [6, 6.07) is -0.457. The van der Waals surface area contributed by atoms with Gasteiger partial charge in [0, 0.05) is 6.04 Å². The fraction of sp³-hybridized carbons (Fsp3) is 0.667. The zero-order chi connectivity index (χ0) is 9.02. The van der Waals surface area contributed by atoms with Crippen LogP contribution in [0.3, 0.4) is 0 Å². The number of nitrogens with two attached hydrogens (primary N) is 2. The van der Waals surface area contributed by atoms with E-state index < -0.39 is 6.03 Å². The molecule has 64 valence electrons. The summed E-state index contributed by atoms with van der Waals surface area (Å²) in [5.74, 6) is 0. The molecule has 0 spiro atoms. The summed E-state index contributed by atoms with van der Waals surface area (Å²) in [7, 11) is 0. The number of hydrogen-bond acceptors (Lipinski definition) is 2. The highest BCUT2D eigenvalue weighted by Gasteiger charge is 2.13. The molecule has 0 fully saturated rings. The summed E-state index contributed by atoms with van der Waals surface area (Å²) in [5, 5.41) is 0. The first-order chi connectivity index (χ1) is 4.95. The van der Waals surface area contributed by atoms with E-state index in [1.807, 2.05) is 13.8 Å². The lowest BCUT2D eigenvalue weighted by atomic mass is 10.3. The number of hydrogen-bond donors (Lipinski definition) is 2. The van der Waals surface area contributed by atoms with Gasteiger partial charge in [-0.25, -0.2) is 4.79 Å². The van der Waals surface area contributed by atoms with Gasteiger partial charge < -0.3 is 16.4 Å². The molecule has 5 heteroatoms. The molecule has 0 atom stereocenters. The van der Waals surface area contributed by atoms with Crippen LogP contribution in [0.25, 0.3) is 0 Å². The molecule has 0 rings (SSSR count). The van der Waals surface area contributed by atoms with Crippen molar-refractivity contribution in [1.29, 1.82) is 0 Å². The molecule has 2 amide bonds. The quantitative estimate of drug-likeness (QED) is 0.596. The van der Waals surface area contributed by atoms with Crippen LogP contribution >= 0.6 is 12.2 Å². The second-order valence-electron chi connectivity index (χ2n) is 2.53. The molecule has 0 aromatic rings. The van der Waals surface area contributed by atoms with Gasteiger partial charge >= 0.3 is 6.03 Å². The van der Waals surface area contributed by atoms with Crippen LogP contribution in [0.4, 0.5) is 4.79 Å². The first kappa shape index (κ1) is 10.2. The lowest BCUT2D eigenvalue weighted by Crippen LogP contribution is -2.45. The number of carbonyl (C=O) groups excluding carboxylic acids is 1. The SMILES string of the molecule is CC(C)N(CC(N)=S)C(N)=O. The lowest BCUT2D eigenvalue weighted by molar-refractivity contribution is 0.202. The molecule has 0 radical (unpaired) electrons. The molecular formula is C6H13N3OS. The molecule has 0 unspecified atom stereocenters. The Hall–Kier alpha value is -0.840. The Bertz CT molecular complexity index is 169. The number of urea groups is 1. The molecule has 0 aliphatic heterocycles. The molecule has 0 aromatic heterocycles. The highest BCUT2D eigenvalue weighted by molar-refractivity contribution is 7.80. The van der Waals surface area contributed by atoms with Crippen molar-refractivity contribution in [3.63, 3.8) is 0 Å². The third-order valence-electron chi connectivity index (χ3n) is 1.23. The van der Waals surface area contributed by atoms with Crippen LogP contribution in [-0.2, 0) is 0 Å². The number of amides is 2. The number of thiocarbonyl (C=S) groups is 1. The number of primary amides is 1. The summed E-state index contributed by atoms with van der Waals surface area (Å²) in [4.78, 5) is 12.4. The van der Waals surface area contributed by atoms with Gasteiger partial charge in [-0.15, -0.1) is 0 Å². The standard InChI is InChI=1S/C6H13N3OS/c1-4(2)9(6(8)10)3-5(7)11/h4H,3H2,1-2H3,(H2,7,11)(H2,8,10). The zero-order valence-corrected chi connectivity index (χ0v) is 7.52. The van der Waals surface area contributed by atoms with Gasteiger partial charge in [0.2, 0.25) is 0 Å². The number of nitrogens with zero attached hydrogens (tertiary/aromatic N) is 1. The van der Waals surface area contributed by atoms with Crippen LogP contribution < -0.4 is 11.5 Å². The fourth-order valence-electron chi connectivity index (χ4n) is 0.683. The van der Waals surface area contributed by atoms with Crippen LogP contribution in [0.2, 0.25) is 0 Å². The first-order valence-corrected chi connectivity index (χ1v) is 3.70. The van der Waals surface area contributed by atoms with Crippen LogP contribution in [0.5, 0.6) is 0 Å². The van der Waals surface area contributed by atoms with E-state index in [0.717, 1.165) is 0 Å². The van der Waals surface area contributed by atoms with Crippen molar-refractivity contribution < 1.29 is 4.79 Å². The maximum Gasteiger partial charge on any atom is 0.315 e. The Morgan fingerprint density at radius 2 is 2.00 bits per heavy atom. The predicted octanol–water partition coefficient (Wildman–Crippen LogP) is 0.0616. The summed E-state index contributed by atoms with van der Waals surface area (Å²) in [5.41, 5.74) is 10.3. The van der Waals surface area contributed by atoms with Crippen molar-refractivity contribution in [2.75, 3.05) is 6.54 Å². The zero-order valence-electron chi connectivity index (χ0n) is 6.70. The first-order valence-electron chi connectivity index (χ1n) is 3.29. The normalized spacial score (nSPS) is 9.73. The summed E-state index contributed by atoms with van der Waals surface area (Å²) in [6.07, 6.45) is 0.